The summed E-state index contributed by atoms with van der Waals surface area (Å²) < 4.78 is 36.5. The molecule has 66 valence electrons. The zero-order valence-electron chi connectivity index (χ0n) is 7.81. The van der Waals surface area contributed by atoms with Crippen molar-refractivity contribution in [2.45, 2.75) is 13.8 Å². The second-order valence-corrected chi connectivity index (χ2v) is 2.72. The van der Waals surface area contributed by atoms with E-state index in [2.05, 4.69) is 6.20 Å². The Balaban J connectivity index is 0.00000144. The Labute approximate surface area is 87.2 Å². The number of halogens is 3. The third-order valence-electron chi connectivity index (χ3n) is 1.70. The predicted octanol–water partition coefficient (Wildman–Crippen LogP) is -1.41. The van der Waals surface area contributed by atoms with Crippen molar-refractivity contribution >= 4 is 7.11 Å². The van der Waals surface area contributed by atoms with Crippen molar-refractivity contribution in [3.63, 3.8) is 0 Å². The van der Waals surface area contributed by atoms with Gasteiger partial charge in [0.25, 0.3) is 0 Å². The van der Waals surface area contributed by atoms with Gasteiger partial charge in [-0.05, 0) is 0 Å². The van der Waals surface area contributed by atoms with Crippen molar-refractivity contribution in [3.8, 4) is 0 Å². The zero-order valence-corrected chi connectivity index (χ0v) is 7.81. The molecule has 0 bridgehead atoms. The fraction of sp³-hybridized carbons (Fsp3) is 0.286. The summed E-state index contributed by atoms with van der Waals surface area (Å²) in [6, 6.07) is 1.34. The standard InChI is InChI=1S/C7H8BF3N.Li/c1-6-3-4-12(5-7(6)2)8(9,10)11;/h3,5H,1-2H3;/q-1;+1. The summed E-state index contributed by atoms with van der Waals surface area (Å²) in [4.78, 5) is 0. The summed E-state index contributed by atoms with van der Waals surface area (Å²) in [5.41, 5.74) is 1.43. The van der Waals surface area contributed by atoms with Crippen LogP contribution >= 0.6 is 0 Å². The van der Waals surface area contributed by atoms with Crippen LogP contribution in [0.1, 0.15) is 11.1 Å². The smallest absolute Gasteiger partial charge is 0.442 e. The number of nitrogens with zero attached hydrogens (tertiary/aromatic N) is 1. The van der Waals surface area contributed by atoms with Crippen LogP contribution in [0.5, 0.6) is 0 Å². The fourth-order valence-electron chi connectivity index (χ4n) is 0.802. The minimum absolute atomic E-state index is 0. The van der Waals surface area contributed by atoms with Gasteiger partial charge in [-0.25, -0.2) is 0 Å². The molecule has 0 saturated carbocycles. The van der Waals surface area contributed by atoms with Crippen LogP contribution in [-0.2, 0) is 0 Å². The molecule has 0 atom stereocenters. The maximum absolute atomic E-state index is 12.1. The van der Waals surface area contributed by atoms with Gasteiger partial charge in [-0.1, -0.05) is 19.4 Å². The van der Waals surface area contributed by atoms with Gasteiger partial charge in [-0.15, -0.1) is 11.6 Å². The minimum Gasteiger partial charge on any atom is -0.442 e. The molecular weight excluding hydrogens is 173 g/mol. The molecule has 1 heterocycles. The van der Waals surface area contributed by atoms with Crippen LogP contribution in [0.25, 0.3) is 0 Å². The molecule has 0 N–H and O–H groups in total. The number of rotatable bonds is 1. The van der Waals surface area contributed by atoms with E-state index in [-0.39, 0.29) is 23.3 Å². The monoisotopic (exact) mass is 181 g/mol. The second-order valence-electron chi connectivity index (χ2n) is 2.72. The van der Waals surface area contributed by atoms with Gasteiger partial charge in [-0.2, -0.15) is 0 Å². The summed E-state index contributed by atoms with van der Waals surface area (Å²) >= 11 is 0. The van der Waals surface area contributed by atoms with Gasteiger partial charge in [0.15, 0.2) is 0 Å². The van der Waals surface area contributed by atoms with E-state index in [4.69, 9.17) is 0 Å². The van der Waals surface area contributed by atoms with Gasteiger partial charge in [0.1, 0.15) is 0 Å². The first-order valence-electron chi connectivity index (χ1n) is 3.51. The van der Waals surface area contributed by atoms with Crippen molar-refractivity contribution in [3.05, 3.63) is 29.6 Å². The summed E-state index contributed by atoms with van der Waals surface area (Å²) in [7, 11) is -4.98. The first-order valence-corrected chi connectivity index (χ1v) is 3.51. The Kier molecular flexibility index (Phi) is 4.08. The van der Waals surface area contributed by atoms with Gasteiger partial charge in [0, 0.05) is 6.20 Å². The molecule has 13 heavy (non-hydrogen) atoms. The quantitative estimate of drug-likeness (QED) is 0.370. The molecule has 1 nitrogen and oxygen atoms in total. The average Bonchev–Trinajstić information content (AvgIpc) is 1.92. The van der Waals surface area contributed by atoms with Crippen molar-refractivity contribution in [1.82, 2.24) is 0 Å². The number of pyridine rings is 1. The topological polar surface area (TPSA) is 3.88 Å². The van der Waals surface area contributed by atoms with Crippen LogP contribution in [0, 0.1) is 20.0 Å². The van der Waals surface area contributed by atoms with E-state index in [1.54, 1.807) is 13.8 Å². The first kappa shape index (κ1) is 12.6. The molecule has 0 radical (unpaired) electrons. The Morgan fingerprint density at radius 1 is 1.23 bits per heavy atom. The van der Waals surface area contributed by atoms with Crippen molar-refractivity contribution in [1.29, 1.82) is 0 Å². The van der Waals surface area contributed by atoms with Crippen molar-refractivity contribution in [2.75, 3.05) is 0 Å². The Morgan fingerprint density at radius 3 is 2.15 bits per heavy atom. The Morgan fingerprint density at radius 2 is 1.77 bits per heavy atom. The fourth-order valence-corrected chi connectivity index (χ4v) is 0.802. The van der Waals surface area contributed by atoms with Crippen LogP contribution < -0.4 is 23.3 Å². The molecule has 0 aromatic carbocycles. The summed E-state index contributed by atoms with van der Waals surface area (Å²) in [6.07, 6.45) is 3.19. The Hall–Kier alpha value is -0.398. The van der Waals surface area contributed by atoms with Gasteiger partial charge in [0.2, 0.25) is 0 Å². The maximum Gasteiger partial charge on any atom is 1.00 e. The Bertz CT molecular complexity index is 300. The largest absolute Gasteiger partial charge is 1.00 e. The van der Waals surface area contributed by atoms with Crippen LogP contribution in [0.15, 0.2) is 12.3 Å². The van der Waals surface area contributed by atoms with Crippen LogP contribution in [0.2, 0.25) is 0 Å². The van der Waals surface area contributed by atoms with Gasteiger partial charge < -0.3 is 17.4 Å². The number of aryl methyl sites for hydroxylation is 2. The van der Waals surface area contributed by atoms with E-state index >= 15 is 0 Å². The molecule has 0 unspecified atom stereocenters. The molecule has 1 aromatic rings. The van der Waals surface area contributed by atoms with E-state index in [9.17, 15) is 12.9 Å². The SMILES string of the molecule is Cc1c[c-][n+]([B-](F)(F)F)cc1C.[Li+]. The van der Waals surface area contributed by atoms with Crippen LogP contribution in [0.4, 0.5) is 12.9 Å². The maximum atomic E-state index is 12.1. The normalized spacial score (nSPS) is 10.8. The van der Waals surface area contributed by atoms with Gasteiger partial charge >= 0.3 is 26.0 Å². The van der Waals surface area contributed by atoms with Gasteiger partial charge in [0.05, 0.1) is 6.20 Å². The molecule has 0 amide bonds. The predicted molar refractivity (Wildman–Crippen MR) is 39.4 cm³/mol. The van der Waals surface area contributed by atoms with Gasteiger partial charge in [-0.3, -0.25) is 0 Å². The van der Waals surface area contributed by atoms with E-state index < -0.39 is 7.11 Å². The third kappa shape index (κ3) is 3.09. The molecule has 1 aromatic heterocycles. The van der Waals surface area contributed by atoms with Crippen molar-refractivity contribution < 1.29 is 36.3 Å². The molecule has 0 saturated heterocycles. The third-order valence-corrected chi connectivity index (χ3v) is 1.70. The number of hydrogen-bond donors (Lipinski definition) is 0. The van der Waals surface area contributed by atoms with E-state index in [0.29, 0.717) is 5.56 Å². The molecule has 0 aliphatic carbocycles. The summed E-state index contributed by atoms with van der Waals surface area (Å²) in [5.74, 6) is 0. The van der Waals surface area contributed by atoms with E-state index in [0.717, 1.165) is 11.8 Å². The molecule has 0 spiro atoms. The summed E-state index contributed by atoms with van der Waals surface area (Å²) in [5, 5.41) is 0. The first-order chi connectivity index (χ1) is 5.41. The summed E-state index contributed by atoms with van der Waals surface area (Å²) in [6.45, 7) is 3.39. The molecular formula is C7H8BF3LiN. The van der Waals surface area contributed by atoms with Crippen LogP contribution in [-0.4, -0.2) is 7.11 Å². The number of hydrogen-bond acceptors (Lipinski definition) is 0. The molecule has 1 rings (SSSR count). The molecule has 0 fully saturated rings. The molecule has 0 aliphatic heterocycles. The van der Waals surface area contributed by atoms with Crippen LogP contribution in [0.3, 0.4) is 0 Å². The van der Waals surface area contributed by atoms with E-state index in [1.165, 1.54) is 6.07 Å². The average molecular weight is 181 g/mol. The molecule has 0 aliphatic rings. The number of aromatic nitrogens is 1. The zero-order chi connectivity index (χ0) is 9.35. The van der Waals surface area contributed by atoms with Crippen molar-refractivity contribution in [2.24, 2.45) is 0 Å². The molecule has 6 heteroatoms. The van der Waals surface area contributed by atoms with E-state index in [1.807, 2.05) is 0 Å². The minimum atomic E-state index is -4.98. The second kappa shape index (κ2) is 4.21.